The van der Waals surface area contributed by atoms with Crippen LogP contribution < -0.4 is 20.3 Å². The second kappa shape index (κ2) is 14.0. The Morgan fingerprint density at radius 2 is 1.13 bits per heavy atom. The zero-order valence-electron chi connectivity index (χ0n) is 17.1. The Labute approximate surface area is 174 Å². The van der Waals surface area contributed by atoms with Crippen molar-refractivity contribution < 1.29 is 28.5 Å². The summed E-state index contributed by atoms with van der Waals surface area (Å²) in [5.74, 6) is 1.47. The predicted octanol–water partition coefficient (Wildman–Crippen LogP) is 2.77. The lowest BCUT2D eigenvalue weighted by atomic mass is 10.2. The quantitative estimate of drug-likeness (QED) is 0.552. The molecule has 0 aliphatic heterocycles. The van der Waals surface area contributed by atoms with Gasteiger partial charge in [0.1, 0.15) is 11.5 Å². The number of ether oxygens (including phenoxy) is 4. The van der Waals surface area contributed by atoms with Gasteiger partial charge in [-0.25, -0.2) is 20.4 Å². The number of methoxy groups -OCH3 is 4. The Hall–Kier alpha value is -4.08. The highest BCUT2D eigenvalue weighted by molar-refractivity contribution is 5.82. The lowest BCUT2D eigenvalue weighted by Gasteiger charge is -1.99. The molecule has 0 radical (unpaired) electrons. The molecule has 0 aliphatic rings. The molecule has 0 aromatic heterocycles. The van der Waals surface area contributed by atoms with Crippen LogP contribution in [0.4, 0.5) is 9.59 Å². The number of nitrogens with zero attached hydrogens (tertiary/aromatic N) is 2. The zero-order chi connectivity index (χ0) is 22.2. The van der Waals surface area contributed by atoms with Crippen LogP contribution in [-0.4, -0.2) is 53.1 Å². The largest absolute Gasteiger partial charge is 0.497 e. The standard InChI is InChI=1S/2C10H12N2O3/c2*1-14-9-5-3-4-8(6-9)7-11-12-10(13)15-2/h2*3-7H,1-2H3,(H,12,13)/b2*11-7+. The number of carbonyl (C=O) groups is 2. The van der Waals surface area contributed by atoms with E-state index in [1.54, 1.807) is 26.4 Å². The van der Waals surface area contributed by atoms with E-state index in [9.17, 15) is 9.59 Å². The zero-order valence-corrected chi connectivity index (χ0v) is 17.1. The molecule has 0 saturated carbocycles. The van der Waals surface area contributed by atoms with Crippen LogP contribution in [0.25, 0.3) is 0 Å². The molecule has 2 amide bonds. The highest BCUT2D eigenvalue weighted by atomic mass is 16.5. The average molecular weight is 416 g/mol. The van der Waals surface area contributed by atoms with Crippen molar-refractivity contribution in [2.75, 3.05) is 28.4 Å². The molecule has 10 heteroatoms. The molecular formula is C20H24N4O6. The first kappa shape index (κ1) is 24.0. The lowest BCUT2D eigenvalue weighted by molar-refractivity contribution is 0.170. The maximum Gasteiger partial charge on any atom is 0.427 e. The number of amides is 2. The molecule has 0 aliphatic carbocycles. The molecule has 0 saturated heterocycles. The molecule has 0 fully saturated rings. The van der Waals surface area contributed by atoms with E-state index in [1.165, 1.54) is 26.6 Å². The summed E-state index contributed by atoms with van der Waals surface area (Å²) in [6.07, 6.45) is 1.79. The van der Waals surface area contributed by atoms with Crippen LogP contribution >= 0.6 is 0 Å². The van der Waals surface area contributed by atoms with Crippen LogP contribution in [-0.2, 0) is 9.47 Å². The highest BCUT2D eigenvalue weighted by Crippen LogP contribution is 2.11. The van der Waals surface area contributed by atoms with E-state index < -0.39 is 12.2 Å². The normalized spacial score (nSPS) is 10.0. The van der Waals surface area contributed by atoms with Crippen LogP contribution in [0.1, 0.15) is 11.1 Å². The van der Waals surface area contributed by atoms with Crippen LogP contribution in [0, 0.1) is 0 Å². The number of hydrogen-bond donors (Lipinski definition) is 2. The molecule has 0 atom stereocenters. The summed E-state index contributed by atoms with van der Waals surface area (Å²) in [4.78, 5) is 21.3. The van der Waals surface area contributed by atoms with Crippen molar-refractivity contribution in [3.63, 3.8) is 0 Å². The van der Waals surface area contributed by atoms with Crippen LogP contribution in [0.15, 0.2) is 58.7 Å². The fourth-order valence-corrected chi connectivity index (χ4v) is 1.85. The molecule has 0 heterocycles. The second-order valence-electron chi connectivity index (χ2n) is 5.28. The third-order valence-corrected chi connectivity index (χ3v) is 3.30. The molecule has 0 spiro atoms. The fraction of sp³-hybridized carbons (Fsp3) is 0.200. The summed E-state index contributed by atoms with van der Waals surface area (Å²) < 4.78 is 18.7. The third-order valence-electron chi connectivity index (χ3n) is 3.30. The molecule has 2 rings (SSSR count). The first-order valence-corrected chi connectivity index (χ1v) is 8.54. The van der Waals surface area contributed by atoms with E-state index in [1.807, 2.05) is 36.4 Å². The van der Waals surface area contributed by atoms with Gasteiger partial charge in [0.2, 0.25) is 0 Å². The summed E-state index contributed by atoms with van der Waals surface area (Å²) in [5, 5.41) is 7.37. The van der Waals surface area contributed by atoms with Gasteiger partial charge in [-0.1, -0.05) is 24.3 Å². The minimum absolute atomic E-state index is 0.603. The molecule has 2 N–H and O–H groups in total. The van der Waals surface area contributed by atoms with Gasteiger partial charge in [-0.2, -0.15) is 10.2 Å². The smallest absolute Gasteiger partial charge is 0.427 e. The Morgan fingerprint density at radius 3 is 1.47 bits per heavy atom. The van der Waals surface area contributed by atoms with Gasteiger partial charge in [0.25, 0.3) is 0 Å². The summed E-state index contributed by atoms with van der Waals surface area (Å²) in [5.41, 5.74) is 6.02. The van der Waals surface area contributed by atoms with Gasteiger partial charge in [-0.3, -0.25) is 0 Å². The van der Waals surface area contributed by atoms with Gasteiger partial charge >= 0.3 is 12.2 Å². The summed E-state index contributed by atoms with van der Waals surface area (Å²) in [6, 6.07) is 14.6. The number of nitrogens with one attached hydrogen (secondary N) is 2. The van der Waals surface area contributed by atoms with Gasteiger partial charge in [-0.05, 0) is 35.4 Å². The molecule has 2 aromatic carbocycles. The summed E-state index contributed by atoms with van der Waals surface area (Å²) in [7, 11) is 5.72. The van der Waals surface area contributed by atoms with E-state index in [0.29, 0.717) is 0 Å². The van der Waals surface area contributed by atoms with Gasteiger partial charge in [0.05, 0.1) is 40.9 Å². The molecule has 160 valence electrons. The van der Waals surface area contributed by atoms with Crippen molar-refractivity contribution >= 4 is 24.6 Å². The molecule has 0 unspecified atom stereocenters. The topological polar surface area (TPSA) is 120 Å². The average Bonchev–Trinajstić information content (AvgIpc) is 2.79. The first-order valence-electron chi connectivity index (χ1n) is 8.54. The van der Waals surface area contributed by atoms with Gasteiger partial charge in [-0.15, -0.1) is 0 Å². The molecule has 10 nitrogen and oxygen atoms in total. The SMILES string of the molecule is COC(=O)N/N=C/c1cccc(OC)c1.COC(=O)N/N=C/c1cccc(OC)c1. The van der Waals surface area contributed by atoms with Crippen molar-refractivity contribution in [3.8, 4) is 11.5 Å². The van der Waals surface area contributed by atoms with E-state index in [4.69, 9.17) is 9.47 Å². The number of hydrazone groups is 2. The number of rotatable bonds is 6. The predicted molar refractivity (Wildman–Crippen MR) is 112 cm³/mol. The van der Waals surface area contributed by atoms with Crippen LogP contribution in [0.5, 0.6) is 11.5 Å². The first-order chi connectivity index (χ1) is 14.5. The number of carbonyl (C=O) groups excluding carboxylic acids is 2. The van der Waals surface area contributed by atoms with Crippen LogP contribution in [0.3, 0.4) is 0 Å². The van der Waals surface area contributed by atoms with E-state index in [0.717, 1.165) is 22.6 Å². The van der Waals surface area contributed by atoms with Crippen molar-refractivity contribution in [1.29, 1.82) is 0 Å². The van der Waals surface area contributed by atoms with Gasteiger partial charge in [0.15, 0.2) is 0 Å². The molecule has 0 bridgehead atoms. The van der Waals surface area contributed by atoms with Crippen molar-refractivity contribution in [3.05, 3.63) is 59.7 Å². The molecular weight excluding hydrogens is 392 g/mol. The Bertz CT molecular complexity index is 798. The minimum Gasteiger partial charge on any atom is -0.497 e. The van der Waals surface area contributed by atoms with E-state index in [2.05, 4.69) is 30.5 Å². The van der Waals surface area contributed by atoms with Gasteiger partial charge < -0.3 is 18.9 Å². The maximum absolute atomic E-state index is 10.7. The van der Waals surface area contributed by atoms with Crippen LogP contribution in [0.2, 0.25) is 0 Å². The summed E-state index contributed by atoms with van der Waals surface area (Å²) in [6.45, 7) is 0. The monoisotopic (exact) mass is 416 g/mol. The van der Waals surface area contributed by atoms with Crippen molar-refractivity contribution in [1.82, 2.24) is 10.9 Å². The van der Waals surface area contributed by atoms with E-state index >= 15 is 0 Å². The Morgan fingerprint density at radius 1 is 0.733 bits per heavy atom. The fourth-order valence-electron chi connectivity index (χ4n) is 1.85. The minimum atomic E-state index is -0.603. The maximum atomic E-state index is 10.7. The van der Waals surface area contributed by atoms with Crippen molar-refractivity contribution in [2.45, 2.75) is 0 Å². The van der Waals surface area contributed by atoms with Crippen molar-refractivity contribution in [2.24, 2.45) is 10.2 Å². The highest BCUT2D eigenvalue weighted by Gasteiger charge is 1.95. The third kappa shape index (κ3) is 9.74. The lowest BCUT2D eigenvalue weighted by Crippen LogP contribution is -2.16. The van der Waals surface area contributed by atoms with E-state index in [-0.39, 0.29) is 0 Å². The Balaban J connectivity index is 0.000000300. The van der Waals surface area contributed by atoms with Gasteiger partial charge in [0, 0.05) is 0 Å². The summed E-state index contributed by atoms with van der Waals surface area (Å²) >= 11 is 0. The second-order valence-corrected chi connectivity index (χ2v) is 5.28. The molecule has 2 aromatic rings. The molecule has 30 heavy (non-hydrogen) atoms. The Kier molecular flexibility index (Phi) is 11.2. The number of hydrogen-bond acceptors (Lipinski definition) is 8. The number of benzene rings is 2.